The van der Waals surface area contributed by atoms with Gasteiger partial charge in [0.1, 0.15) is 6.61 Å². The van der Waals surface area contributed by atoms with Crippen molar-refractivity contribution in [2.45, 2.75) is 88.5 Å². The van der Waals surface area contributed by atoms with Gasteiger partial charge in [-0.2, -0.15) is 0 Å². The lowest BCUT2D eigenvalue weighted by atomic mass is 9.90. The van der Waals surface area contributed by atoms with Crippen LogP contribution >= 0.6 is 0 Å². The third-order valence-corrected chi connectivity index (χ3v) is 8.30. The lowest BCUT2D eigenvalue weighted by molar-refractivity contribution is -0.137. The van der Waals surface area contributed by atoms with Crippen LogP contribution in [0.25, 0.3) is 0 Å². The summed E-state index contributed by atoms with van der Waals surface area (Å²) >= 11 is 0. The molecule has 1 aromatic carbocycles. The third-order valence-electron chi connectivity index (χ3n) is 6.80. The Labute approximate surface area is 203 Å². The number of hydrogen-bond acceptors (Lipinski definition) is 5. The molecule has 2 aliphatic rings. The maximum Gasteiger partial charge on any atom is 0.303 e. The number of carboxylic acids is 1. The summed E-state index contributed by atoms with van der Waals surface area (Å²) in [6, 6.07) is 6.60. The van der Waals surface area contributed by atoms with E-state index in [1.165, 1.54) is 32.1 Å². The third kappa shape index (κ3) is 8.24. The van der Waals surface area contributed by atoms with E-state index in [-0.39, 0.29) is 23.3 Å². The standard InChI is InChI=1S/C26H38N2O5S/c1-20-13-15-22(16-14-20)34(31,32)28-25-18-17-24(27-33-19-21-9-5-4-6-10-21)23(25)11-7-2-3-8-12-26(29)30/h2,7,13-16,21,23,25,28H,3-6,8-12,17-19H2,1H3,(H,29,30)/b7-2-,27-24+/t23-,25-/m0/s1. The van der Waals surface area contributed by atoms with Crippen molar-refractivity contribution in [1.29, 1.82) is 0 Å². The molecule has 0 spiro atoms. The van der Waals surface area contributed by atoms with Crippen molar-refractivity contribution in [2.24, 2.45) is 17.0 Å². The lowest BCUT2D eigenvalue weighted by Crippen LogP contribution is -2.38. The van der Waals surface area contributed by atoms with Crippen LogP contribution in [0.1, 0.15) is 76.2 Å². The van der Waals surface area contributed by atoms with Crippen molar-refractivity contribution in [2.75, 3.05) is 6.61 Å². The summed E-state index contributed by atoms with van der Waals surface area (Å²) in [6.45, 7) is 2.55. The monoisotopic (exact) mass is 490 g/mol. The first-order valence-electron chi connectivity index (χ1n) is 12.5. The summed E-state index contributed by atoms with van der Waals surface area (Å²) in [7, 11) is -3.64. The number of hydrogen-bond donors (Lipinski definition) is 2. The molecule has 188 valence electrons. The SMILES string of the molecule is Cc1ccc(S(=O)(=O)N[C@H]2CC/C(=N\OCC3CCCCC3)[C@@H]2C/C=C\CCCC(=O)O)cc1. The molecule has 0 aliphatic heterocycles. The number of nitrogens with zero attached hydrogens (tertiary/aromatic N) is 1. The lowest BCUT2D eigenvalue weighted by Gasteiger charge is -2.21. The van der Waals surface area contributed by atoms with Crippen LogP contribution < -0.4 is 4.72 Å². The van der Waals surface area contributed by atoms with Crippen LogP contribution in [0, 0.1) is 18.8 Å². The zero-order valence-electron chi connectivity index (χ0n) is 20.1. The number of carboxylic acid groups (broad SMARTS) is 1. The van der Waals surface area contributed by atoms with Gasteiger partial charge in [-0.1, -0.05) is 54.3 Å². The highest BCUT2D eigenvalue weighted by molar-refractivity contribution is 7.89. The molecule has 2 saturated carbocycles. The predicted octanol–water partition coefficient (Wildman–Crippen LogP) is 5.21. The van der Waals surface area contributed by atoms with Crippen LogP contribution in [0.2, 0.25) is 0 Å². The van der Waals surface area contributed by atoms with Crippen molar-refractivity contribution in [1.82, 2.24) is 4.72 Å². The van der Waals surface area contributed by atoms with Crippen molar-refractivity contribution in [3.05, 3.63) is 42.0 Å². The van der Waals surface area contributed by atoms with Gasteiger partial charge in [-0.3, -0.25) is 4.79 Å². The maximum atomic E-state index is 13.0. The first kappa shape index (κ1) is 26.4. The summed E-state index contributed by atoms with van der Waals surface area (Å²) in [5.41, 5.74) is 1.91. The van der Waals surface area contributed by atoms with Gasteiger partial charge in [0.2, 0.25) is 10.0 Å². The fourth-order valence-corrected chi connectivity index (χ4v) is 6.08. The molecule has 2 aliphatic carbocycles. The van der Waals surface area contributed by atoms with Gasteiger partial charge in [-0.05, 0) is 69.9 Å². The van der Waals surface area contributed by atoms with Crippen LogP contribution in [-0.4, -0.2) is 37.9 Å². The molecule has 0 amide bonds. The molecular formula is C26H38N2O5S. The summed E-state index contributed by atoms with van der Waals surface area (Å²) in [5.74, 6) is -0.315. The summed E-state index contributed by atoms with van der Waals surface area (Å²) < 4.78 is 28.9. The molecule has 0 heterocycles. The number of oxime groups is 1. The molecule has 0 radical (unpaired) electrons. The van der Waals surface area contributed by atoms with Crippen LogP contribution in [0.4, 0.5) is 0 Å². The number of nitrogens with one attached hydrogen (secondary N) is 1. The quantitative estimate of drug-likeness (QED) is 0.238. The Hall–Kier alpha value is -2.19. The number of rotatable bonds is 12. The van der Waals surface area contributed by atoms with Crippen LogP contribution in [0.3, 0.4) is 0 Å². The van der Waals surface area contributed by atoms with E-state index in [2.05, 4.69) is 9.88 Å². The Kier molecular flexibility index (Phi) is 10.1. The van der Waals surface area contributed by atoms with E-state index in [9.17, 15) is 13.2 Å². The Morgan fingerprint density at radius 3 is 2.59 bits per heavy atom. The van der Waals surface area contributed by atoms with E-state index in [0.29, 0.717) is 44.6 Å². The zero-order chi connectivity index (χ0) is 24.4. The fourth-order valence-electron chi connectivity index (χ4n) is 4.77. The molecule has 34 heavy (non-hydrogen) atoms. The zero-order valence-corrected chi connectivity index (χ0v) is 20.9. The number of aryl methyl sites for hydroxylation is 1. The number of aliphatic carboxylic acids is 1. The molecule has 0 saturated heterocycles. The van der Waals surface area contributed by atoms with Crippen molar-refractivity contribution in [3.8, 4) is 0 Å². The minimum absolute atomic E-state index is 0.0812. The number of unbranched alkanes of at least 4 members (excludes halogenated alkanes) is 1. The number of sulfonamides is 1. The minimum atomic E-state index is -3.64. The molecule has 1 aromatic rings. The molecule has 0 bridgehead atoms. The van der Waals surface area contributed by atoms with Crippen molar-refractivity contribution < 1.29 is 23.2 Å². The molecule has 2 N–H and O–H groups in total. The smallest absolute Gasteiger partial charge is 0.303 e. The van der Waals surface area contributed by atoms with Crippen LogP contribution in [-0.2, 0) is 19.7 Å². The van der Waals surface area contributed by atoms with Crippen LogP contribution in [0.15, 0.2) is 46.5 Å². The van der Waals surface area contributed by atoms with Gasteiger partial charge in [-0.25, -0.2) is 13.1 Å². The van der Waals surface area contributed by atoms with E-state index < -0.39 is 16.0 Å². The average molecular weight is 491 g/mol. The molecule has 2 atom stereocenters. The highest BCUT2D eigenvalue weighted by Gasteiger charge is 2.35. The number of allylic oxidation sites excluding steroid dienone is 2. The summed E-state index contributed by atoms with van der Waals surface area (Å²) in [5, 5.41) is 13.3. The molecular weight excluding hydrogens is 452 g/mol. The fraction of sp³-hybridized carbons (Fsp3) is 0.615. The van der Waals surface area contributed by atoms with Gasteiger partial charge in [0, 0.05) is 18.4 Å². The van der Waals surface area contributed by atoms with Gasteiger partial charge in [0.05, 0.1) is 10.6 Å². The highest BCUT2D eigenvalue weighted by atomic mass is 32.2. The molecule has 3 rings (SSSR count). The van der Waals surface area contributed by atoms with Gasteiger partial charge in [0.25, 0.3) is 0 Å². The van der Waals surface area contributed by atoms with E-state index in [0.717, 1.165) is 11.3 Å². The first-order chi connectivity index (χ1) is 16.3. The van der Waals surface area contributed by atoms with E-state index in [4.69, 9.17) is 9.94 Å². The van der Waals surface area contributed by atoms with Crippen molar-refractivity contribution >= 4 is 21.7 Å². The Morgan fingerprint density at radius 2 is 1.88 bits per heavy atom. The largest absolute Gasteiger partial charge is 0.481 e. The summed E-state index contributed by atoms with van der Waals surface area (Å²) in [4.78, 5) is 16.7. The molecule has 7 nitrogen and oxygen atoms in total. The topological polar surface area (TPSA) is 105 Å². The van der Waals surface area contributed by atoms with Crippen molar-refractivity contribution in [3.63, 3.8) is 0 Å². The van der Waals surface area contributed by atoms with Gasteiger partial charge in [-0.15, -0.1) is 0 Å². The van der Waals surface area contributed by atoms with Crippen LogP contribution in [0.5, 0.6) is 0 Å². The second-order valence-electron chi connectivity index (χ2n) is 9.56. The maximum absolute atomic E-state index is 13.0. The normalized spacial score (nSPS) is 23.0. The predicted molar refractivity (Wildman–Crippen MR) is 133 cm³/mol. The van der Waals surface area contributed by atoms with Gasteiger partial charge < -0.3 is 9.94 Å². The van der Waals surface area contributed by atoms with E-state index in [1.807, 2.05) is 19.1 Å². The van der Waals surface area contributed by atoms with E-state index >= 15 is 0 Å². The second-order valence-corrected chi connectivity index (χ2v) is 11.3. The van der Waals surface area contributed by atoms with E-state index in [1.54, 1.807) is 24.3 Å². The molecule has 8 heteroatoms. The van der Waals surface area contributed by atoms with Gasteiger partial charge in [0.15, 0.2) is 0 Å². The summed E-state index contributed by atoms with van der Waals surface area (Å²) in [6.07, 6.45) is 13.6. The Balaban J connectivity index is 1.65. The Morgan fingerprint density at radius 1 is 1.15 bits per heavy atom. The van der Waals surface area contributed by atoms with Gasteiger partial charge >= 0.3 is 5.97 Å². The molecule has 2 fully saturated rings. The number of carbonyl (C=O) groups is 1. The molecule has 0 aromatic heterocycles. The first-order valence-corrected chi connectivity index (χ1v) is 14.0. The minimum Gasteiger partial charge on any atom is -0.481 e. The molecule has 0 unspecified atom stereocenters. The Bertz CT molecular complexity index is 950. The second kappa shape index (κ2) is 13.0. The number of benzene rings is 1. The average Bonchev–Trinajstić information content (AvgIpc) is 3.17. The highest BCUT2D eigenvalue weighted by Crippen LogP contribution is 2.30.